The molecule has 2 aromatic carbocycles. The lowest BCUT2D eigenvalue weighted by molar-refractivity contribution is 0.104. The first kappa shape index (κ1) is 13.4. The van der Waals surface area contributed by atoms with E-state index in [4.69, 9.17) is 9.47 Å². The average Bonchev–Trinajstić information content (AvgIpc) is 2.47. The highest BCUT2D eigenvalue weighted by molar-refractivity contribution is 5.35. The van der Waals surface area contributed by atoms with Gasteiger partial charge >= 0.3 is 0 Å². The molecular weight excluding hydrogens is 240 g/mol. The largest absolute Gasteiger partial charge is 0.491 e. The molecule has 1 atom stereocenters. The standard InChI is InChI=1S/C16H18O3/c1-2-13(17)12-18-14-8-10-16(11-9-14)19-15-6-4-3-5-7-15/h3-11,13,17H,2,12H2,1H3. The van der Waals surface area contributed by atoms with E-state index in [9.17, 15) is 5.11 Å². The van der Waals surface area contributed by atoms with Crippen molar-refractivity contribution in [3.8, 4) is 17.2 Å². The zero-order valence-corrected chi connectivity index (χ0v) is 11.0. The monoisotopic (exact) mass is 258 g/mol. The maximum absolute atomic E-state index is 9.42. The molecule has 0 heterocycles. The molecule has 0 saturated carbocycles. The van der Waals surface area contributed by atoms with Crippen LogP contribution in [0, 0.1) is 0 Å². The molecule has 3 heteroatoms. The van der Waals surface area contributed by atoms with E-state index in [0.717, 1.165) is 17.2 Å². The van der Waals surface area contributed by atoms with Crippen molar-refractivity contribution in [2.45, 2.75) is 19.4 Å². The molecule has 0 aliphatic rings. The topological polar surface area (TPSA) is 38.7 Å². The summed E-state index contributed by atoms with van der Waals surface area (Å²) in [4.78, 5) is 0. The summed E-state index contributed by atoms with van der Waals surface area (Å²) in [5.74, 6) is 2.29. The van der Waals surface area contributed by atoms with Gasteiger partial charge in [0.25, 0.3) is 0 Å². The number of aliphatic hydroxyl groups is 1. The van der Waals surface area contributed by atoms with Gasteiger partial charge in [0.15, 0.2) is 0 Å². The third kappa shape index (κ3) is 4.30. The van der Waals surface area contributed by atoms with Crippen molar-refractivity contribution in [3.63, 3.8) is 0 Å². The summed E-state index contributed by atoms with van der Waals surface area (Å²) < 4.78 is 11.1. The lowest BCUT2D eigenvalue weighted by Gasteiger charge is -2.11. The van der Waals surface area contributed by atoms with Crippen LogP contribution in [0.2, 0.25) is 0 Å². The highest BCUT2D eigenvalue weighted by Gasteiger charge is 2.02. The fourth-order valence-corrected chi connectivity index (χ4v) is 1.54. The maximum Gasteiger partial charge on any atom is 0.127 e. The van der Waals surface area contributed by atoms with Gasteiger partial charge < -0.3 is 14.6 Å². The molecule has 0 saturated heterocycles. The van der Waals surface area contributed by atoms with Crippen molar-refractivity contribution in [2.75, 3.05) is 6.61 Å². The average molecular weight is 258 g/mol. The van der Waals surface area contributed by atoms with Crippen molar-refractivity contribution in [2.24, 2.45) is 0 Å². The van der Waals surface area contributed by atoms with Gasteiger partial charge in [-0.15, -0.1) is 0 Å². The molecule has 2 rings (SSSR count). The van der Waals surface area contributed by atoms with Crippen molar-refractivity contribution in [1.82, 2.24) is 0 Å². The van der Waals surface area contributed by atoms with Crippen LogP contribution in [0.4, 0.5) is 0 Å². The quantitative estimate of drug-likeness (QED) is 0.860. The summed E-state index contributed by atoms with van der Waals surface area (Å²) in [6.07, 6.45) is 0.273. The van der Waals surface area contributed by atoms with Crippen molar-refractivity contribution in [3.05, 3.63) is 54.6 Å². The second-order valence-electron chi connectivity index (χ2n) is 4.26. The summed E-state index contributed by atoms with van der Waals surface area (Å²) in [6.45, 7) is 2.24. The SMILES string of the molecule is CCC(O)COc1ccc(Oc2ccccc2)cc1. The van der Waals surface area contributed by atoms with E-state index in [0.29, 0.717) is 13.0 Å². The number of benzene rings is 2. The van der Waals surface area contributed by atoms with Gasteiger partial charge in [-0.3, -0.25) is 0 Å². The Hall–Kier alpha value is -2.00. The third-order valence-electron chi connectivity index (χ3n) is 2.72. The smallest absolute Gasteiger partial charge is 0.127 e. The van der Waals surface area contributed by atoms with Crippen molar-refractivity contribution < 1.29 is 14.6 Å². The normalized spacial score (nSPS) is 11.9. The van der Waals surface area contributed by atoms with Crippen LogP contribution in [-0.4, -0.2) is 17.8 Å². The highest BCUT2D eigenvalue weighted by Crippen LogP contribution is 2.23. The number of rotatable bonds is 6. The Balaban J connectivity index is 1.91. The van der Waals surface area contributed by atoms with Gasteiger partial charge in [0.1, 0.15) is 23.9 Å². The van der Waals surface area contributed by atoms with E-state index in [-0.39, 0.29) is 0 Å². The summed E-state index contributed by atoms with van der Waals surface area (Å²) in [7, 11) is 0. The lowest BCUT2D eigenvalue weighted by Crippen LogP contribution is -2.15. The van der Waals surface area contributed by atoms with Crippen molar-refractivity contribution >= 4 is 0 Å². The molecule has 0 radical (unpaired) electrons. The molecule has 0 bridgehead atoms. The zero-order valence-electron chi connectivity index (χ0n) is 11.0. The molecule has 1 N–H and O–H groups in total. The molecule has 0 aromatic heterocycles. The number of para-hydroxylation sites is 1. The third-order valence-corrected chi connectivity index (χ3v) is 2.72. The van der Waals surface area contributed by atoms with Gasteiger partial charge in [0.05, 0.1) is 6.10 Å². The van der Waals surface area contributed by atoms with Crippen LogP contribution in [0.15, 0.2) is 54.6 Å². The summed E-state index contributed by atoms with van der Waals surface area (Å²) in [5, 5.41) is 9.42. The van der Waals surface area contributed by atoms with E-state index in [1.165, 1.54) is 0 Å². The fraction of sp³-hybridized carbons (Fsp3) is 0.250. The maximum atomic E-state index is 9.42. The number of ether oxygens (including phenoxy) is 2. The van der Waals surface area contributed by atoms with E-state index < -0.39 is 6.10 Å². The minimum absolute atomic E-state index is 0.315. The Kier molecular flexibility index (Phi) is 4.81. The van der Waals surface area contributed by atoms with Crippen LogP contribution in [0.1, 0.15) is 13.3 Å². The predicted molar refractivity (Wildman–Crippen MR) is 74.8 cm³/mol. The minimum Gasteiger partial charge on any atom is -0.491 e. The van der Waals surface area contributed by atoms with Crippen molar-refractivity contribution in [1.29, 1.82) is 0 Å². The van der Waals surface area contributed by atoms with Crippen LogP contribution >= 0.6 is 0 Å². The molecule has 1 unspecified atom stereocenters. The van der Waals surface area contributed by atoms with Crippen LogP contribution in [0.3, 0.4) is 0 Å². The first-order valence-corrected chi connectivity index (χ1v) is 6.41. The molecule has 2 aromatic rings. The van der Waals surface area contributed by atoms with Gasteiger partial charge in [-0.1, -0.05) is 25.1 Å². The Bertz CT molecular complexity index is 479. The lowest BCUT2D eigenvalue weighted by atomic mass is 10.3. The van der Waals surface area contributed by atoms with E-state index in [2.05, 4.69) is 0 Å². The van der Waals surface area contributed by atoms with E-state index in [1.54, 1.807) is 0 Å². The van der Waals surface area contributed by atoms with Gasteiger partial charge in [0.2, 0.25) is 0 Å². The fourth-order valence-electron chi connectivity index (χ4n) is 1.54. The van der Waals surface area contributed by atoms with Gasteiger partial charge in [-0.05, 0) is 42.8 Å². The zero-order chi connectivity index (χ0) is 13.5. The molecule has 0 aliphatic heterocycles. The molecular formula is C16H18O3. The molecule has 0 amide bonds. The van der Waals surface area contributed by atoms with Crippen LogP contribution in [0.5, 0.6) is 17.2 Å². The highest BCUT2D eigenvalue weighted by atomic mass is 16.5. The number of aliphatic hydroxyl groups excluding tert-OH is 1. The molecule has 0 fully saturated rings. The second kappa shape index (κ2) is 6.81. The van der Waals surface area contributed by atoms with Gasteiger partial charge in [-0.25, -0.2) is 0 Å². The first-order valence-electron chi connectivity index (χ1n) is 6.41. The van der Waals surface area contributed by atoms with E-state index in [1.807, 2.05) is 61.5 Å². The van der Waals surface area contributed by atoms with E-state index >= 15 is 0 Å². The molecule has 0 aliphatic carbocycles. The Labute approximate surface area is 113 Å². The molecule has 100 valence electrons. The van der Waals surface area contributed by atoms with Crippen LogP contribution < -0.4 is 9.47 Å². The number of hydrogen-bond acceptors (Lipinski definition) is 3. The Morgan fingerprint density at radius 2 is 1.47 bits per heavy atom. The van der Waals surface area contributed by atoms with Crippen LogP contribution in [0.25, 0.3) is 0 Å². The Morgan fingerprint density at radius 3 is 2.11 bits per heavy atom. The van der Waals surface area contributed by atoms with Gasteiger partial charge in [0, 0.05) is 0 Å². The van der Waals surface area contributed by atoms with Crippen LogP contribution in [-0.2, 0) is 0 Å². The Morgan fingerprint density at radius 1 is 0.895 bits per heavy atom. The molecule has 0 spiro atoms. The molecule has 19 heavy (non-hydrogen) atoms. The minimum atomic E-state index is -0.416. The first-order chi connectivity index (χ1) is 9.28. The number of hydrogen-bond donors (Lipinski definition) is 1. The second-order valence-corrected chi connectivity index (χ2v) is 4.26. The summed E-state index contributed by atoms with van der Waals surface area (Å²) >= 11 is 0. The summed E-state index contributed by atoms with van der Waals surface area (Å²) in [5.41, 5.74) is 0. The van der Waals surface area contributed by atoms with Gasteiger partial charge in [-0.2, -0.15) is 0 Å². The molecule has 3 nitrogen and oxygen atoms in total. The summed E-state index contributed by atoms with van der Waals surface area (Å²) in [6, 6.07) is 17.0. The predicted octanol–water partition coefficient (Wildman–Crippen LogP) is 3.63.